The highest BCUT2D eigenvalue weighted by molar-refractivity contribution is 5.67. The van der Waals surface area contributed by atoms with Crippen molar-refractivity contribution in [1.29, 1.82) is 0 Å². The molecule has 2 atom stereocenters. The monoisotopic (exact) mass is 360 g/mol. The van der Waals surface area contributed by atoms with Crippen LogP contribution < -0.4 is 10.6 Å². The molecule has 0 bridgehead atoms. The summed E-state index contributed by atoms with van der Waals surface area (Å²) in [6.07, 6.45) is 1.86. The average molecular weight is 360 g/mol. The van der Waals surface area contributed by atoms with E-state index in [-0.39, 0.29) is 23.8 Å². The van der Waals surface area contributed by atoms with Crippen molar-refractivity contribution in [2.75, 3.05) is 0 Å². The van der Waals surface area contributed by atoms with Crippen molar-refractivity contribution in [3.8, 4) is 5.75 Å². The van der Waals surface area contributed by atoms with Gasteiger partial charge in [0.05, 0.1) is 6.04 Å². The van der Waals surface area contributed by atoms with E-state index in [2.05, 4.69) is 47.9 Å². The van der Waals surface area contributed by atoms with E-state index in [0.29, 0.717) is 0 Å². The maximum Gasteiger partial charge on any atom is 0.123 e. The van der Waals surface area contributed by atoms with Gasteiger partial charge in [0.15, 0.2) is 0 Å². The van der Waals surface area contributed by atoms with E-state index in [4.69, 9.17) is 0 Å². The molecule has 27 heavy (non-hydrogen) atoms. The fourth-order valence-electron chi connectivity index (χ4n) is 3.32. The lowest BCUT2D eigenvalue weighted by molar-refractivity contribution is 0.419. The molecule has 3 aromatic rings. The summed E-state index contributed by atoms with van der Waals surface area (Å²) in [7, 11) is 0. The third-order valence-electron chi connectivity index (χ3n) is 4.82. The van der Waals surface area contributed by atoms with E-state index in [1.54, 1.807) is 18.2 Å². The molecule has 2 unspecified atom stereocenters. The number of nitrogens with one attached hydrogen (secondary N) is 2. The summed E-state index contributed by atoms with van der Waals surface area (Å²) in [5, 5.41) is 17.3. The Balaban J connectivity index is 1.75. The number of halogens is 1. The van der Waals surface area contributed by atoms with Gasteiger partial charge < -0.3 is 10.4 Å². The Bertz CT molecular complexity index is 964. The number of phenols is 1. The highest BCUT2D eigenvalue weighted by Gasteiger charge is 2.25. The quantitative estimate of drug-likeness (QED) is 0.628. The van der Waals surface area contributed by atoms with Crippen LogP contribution in [0.2, 0.25) is 0 Å². The highest BCUT2D eigenvalue weighted by atomic mass is 19.1. The van der Waals surface area contributed by atoms with E-state index in [1.165, 1.54) is 17.7 Å². The van der Waals surface area contributed by atoms with E-state index < -0.39 is 0 Å². The van der Waals surface area contributed by atoms with Crippen molar-refractivity contribution >= 4 is 5.70 Å². The molecule has 1 heterocycles. The third kappa shape index (κ3) is 3.71. The Hall–Kier alpha value is -3.11. The van der Waals surface area contributed by atoms with Crippen LogP contribution in [0.3, 0.4) is 0 Å². The summed E-state index contributed by atoms with van der Waals surface area (Å²) in [5.41, 5.74) is 4.96. The molecular formula is C23H21FN2O. The van der Waals surface area contributed by atoms with Gasteiger partial charge in [-0.15, -0.1) is 0 Å². The van der Waals surface area contributed by atoms with Gasteiger partial charge in [0.2, 0.25) is 0 Å². The number of aromatic hydroxyl groups is 1. The van der Waals surface area contributed by atoms with Gasteiger partial charge in [0.25, 0.3) is 0 Å². The predicted molar refractivity (Wildman–Crippen MR) is 105 cm³/mol. The molecule has 0 aliphatic carbocycles. The van der Waals surface area contributed by atoms with Crippen LogP contribution in [-0.4, -0.2) is 5.11 Å². The molecule has 3 nitrogen and oxygen atoms in total. The first kappa shape index (κ1) is 17.3. The highest BCUT2D eigenvalue weighted by Crippen LogP contribution is 2.33. The zero-order valence-electron chi connectivity index (χ0n) is 15.0. The zero-order chi connectivity index (χ0) is 18.8. The second-order valence-corrected chi connectivity index (χ2v) is 6.78. The summed E-state index contributed by atoms with van der Waals surface area (Å²) in [6.45, 7) is 2.06. The average Bonchev–Trinajstić information content (AvgIpc) is 2.69. The number of benzene rings is 3. The van der Waals surface area contributed by atoms with Crippen molar-refractivity contribution in [3.63, 3.8) is 0 Å². The van der Waals surface area contributed by atoms with Gasteiger partial charge in [-0.2, -0.15) is 0 Å². The van der Waals surface area contributed by atoms with Crippen molar-refractivity contribution in [2.24, 2.45) is 0 Å². The van der Waals surface area contributed by atoms with Crippen LogP contribution in [0.25, 0.3) is 5.70 Å². The number of hydrogen-bond acceptors (Lipinski definition) is 3. The van der Waals surface area contributed by atoms with Crippen molar-refractivity contribution in [2.45, 2.75) is 19.1 Å². The molecule has 4 rings (SSSR count). The molecule has 0 radical (unpaired) electrons. The van der Waals surface area contributed by atoms with Crippen LogP contribution in [0, 0.1) is 12.7 Å². The van der Waals surface area contributed by atoms with Crippen LogP contribution in [-0.2, 0) is 0 Å². The minimum atomic E-state index is -0.263. The maximum absolute atomic E-state index is 13.3. The summed E-state index contributed by atoms with van der Waals surface area (Å²) in [4.78, 5) is 0. The molecule has 3 aromatic carbocycles. The van der Waals surface area contributed by atoms with Gasteiger partial charge in [-0.1, -0.05) is 60.2 Å². The summed E-state index contributed by atoms with van der Waals surface area (Å²) in [6, 6.07) is 21.9. The van der Waals surface area contributed by atoms with Crippen LogP contribution in [0.4, 0.5) is 4.39 Å². The Labute approximate surface area is 158 Å². The number of rotatable bonds is 3. The lowest BCUT2D eigenvalue weighted by Crippen LogP contribution is -2.39. The maximum atomic E-state index is 13.3. The van der Waals surface area contributed by atoms with Crippen molar-refractivity contribution in [3.05, 3.63) is 107 Å². The molecule has 0 aromatic heterocycles. The Morgan fingerprint density at radius 1 is 0.889 bits per heavy atom. The van der Waals surface area contributed by atoms with E-state index >= 15 is 0 Å². The smallest absolute Gasteiger partial charge is 0.123 e. The second-order valence-electron chi connectivity index (χ2n) is 6.78. The van der Waals surface area contributed by atoms with Crippen LogP contribution in [0.1, 0.15) is 34.5 Å². The third-order valence-corrected chi connectivity index (χ3v) is 4.82. The molecule has 0 amide bonds. The molecule has 0 fully saturated rings. The van der Waals surface area contributed by atoms with Gasteiger partial charge in [0.1, 0.15) is 17.7 Å². The number of para-hydroxylation sites is 1. The first-order valence-corrected chi connectivity index (χ1v) is 8.95. The predicted octanol–water partition coefficient (Wildman–Crippen LogP) is 4.81. The van der Waals surface area contributed by atoms with Gasteiger partial charge in [-0.25, -0.2) is 4.39 Å². The standard InChI is InChI=1S/C23H21FN2O/c1-15-6-8-16(9-7-15)20-14-21(19-4-2-3-5-22(19)27)26-23(25-20)17-10-12-18(24)13-11-17/h2-14,21,23,25-27H,1H3. The summed E-state index contributed by atoms with van der Waals surface area (Å²) < 4.78 is 13.3. The Morgan fingerprint density at radius 3 is 2.30 bits per heavy atom. The first-order valence-electron chi connectivity index (χ1n) is 8.95. The molecule has 0 saturated carbocycles. The van der Waals surface area contributed by atoms with Gasteiger partial charge in [-0.05, 0) is 42.3 Å². The second kappa shape index (κ2) is 7.25. The number of phenolic OH excluding ortho intramolecular Hbond substituents is 1. The van der Waals surface area contributed by atoms with Crippen molar-refractivity contribution in [1.82, 2.24) is 10.6 Å². The fraction of sp³-hybridized carbons (Fsp3) is 0.130. The minimum Gasteiger partial charge on any atom is -0.508 e. The summed E-state index contributed by atoms with van der Waals surface area (Å²) in [5.74, 6) is -0.0182. The Morgan fingerprint density at radius 2 is 1.59 bits per heavy atom. The Kier molecular flexibility index (Phi) is 4.65. The van der Waals surface area contributed by atoms with Crippen LogP contribution in [0.5, 0.6) is 5.75 Å². The first-order chi connectivity index (χ1) is 13.1. The molecular weight excluding hydrogens is 339 g/mol. The molecule has 0 saturated heterocycles. The van der Waals surface area contributed by atoms with E-state index in [0.717, 1.165) is 22.4 Å². The normalized spacial score (nSPS) is 19.3. The topological polar surface area (TPSA) is 44.3 Å². The largest absolute Gasteiger partial charge is 0.508 e. The van der Waals surface area contributed by atoms with Crippen LogP contribution >= 0.6 is 0 Å². The van der Waals surface area contributed by atoms with Gasteiger partial charge in [-0.3, -0.25) is 5.32 Å². The van der Waals surface area contributed by atoms with Crippen LogP contribution in [0.15, 0.2) is 78.9 Å². The summed E-state index contributed by atoms with van der Waals surface area (Å²) >= 11 is 0. The van der Waals surface area contributed by atoms with Gasteiger partial charge in [0, 0.05) is 11.3 Å². The number of hydrogen-bond donors (Lipinski definition) is 3. The number of aryl methyl sites for hydroxylation is 1. The molecule has 3 N–H and O–H groups in total. The molecule has 0 spiro atoms. The van der Waals surface area contributed by atoms with Crippen molar-refractivity contribution < 1.29 is 9.50 Å². The SMILES string of the molecule is Cc1ccc(C2=CC(c3ccccc3O)NC(c3ccc(F)cc3)N2)cc1. The molecule has 4 heteroatoms. The molecule has 1 aliphatic heterocycles. The molecule has 1 aliphatic rings. The minimum absolute atomic E-state index is 0.182. The van der Waals surface area contributed by atoms with Gasteiger partial charge >= 0.3 is 0 Å². The van der Waals surface area contributed by atoms with E-state index in [1.807, 2.05) is 18.2 Å². The fourth-order valence-corrected chi connectivity index (χ4v) is 3.32. The zero-order valence-corrected chi connectivity index (χ0v) is 15.0. The molecule has 136 valence electrons. The lowest BCUT2D eigenvalue weighted by Gasteiger charge is -2.33. The van der Waals surface area contributed by atoms with E-state index in [9.17, 15) is 9.50 Å². The lowest BCUT2D eigenvalue weighted by atomic mass is 9.97.